The van der Waals surface area contributed by atoms with Crippen LogP contribution in [0.3, 0.4) is 0 Å². The van der Waals surface area contributed by atoms with Crippen LogP contribution in [0.5, 0.6) is 11.5 Å². The normalized spacial score (nSPS) is 12.8. The third-order valence-corrected chi connectivity index (χ3v) is 3.74. The molecule has 0 radical (unpaired) electrons. The molecule has 1 unspecified atom stereocenters. The van der Waals surface area contributed by atoms with Gasteiger partial charge in [0.25, 0.3) is 0 Å². The van der Waals surface area contributed by atoms with E-state index in [0.717, 1.165) is 12.1 Å². The average Bonchev–Trinajstić information content (AvgIpc) is 2.55. The van der Waals surface area contributed by atoms with E-state index < -0.39 is 59.1 Å². The quantitative estimate of drug-likeness (QED) is 0.558. The van der Waals surface area contributed by atoms with Gasteiger partial charge in [0.15, 0.2) is 29.0 Å². The summed E-state index contributed by atoms with van der Waals surface area (Å²) in [5.74, 6) is -5.82. The molecule has 0 saturated heterocycles. The minimum absolute atomic E-state index is 0.0510. The molecule has 3 N–H and O–H groups in total. The van der Waals surface area contributed by atoms with Gasteiger partial charge in [-0.1, -0.05) is 15.9 Å². The first-order valence-corrected chi connectivity index (χ1v) is 8.08. The van der Waals surface area contributed by atoms with E-state index in [4.69, 9.17) is 9.84 Å². The largest absolute Gasteiger partial charge is 0.449 e. The van der Waals surface area contributed by atoms with Gasteiger partial charge in [-0.05, 0) is 24.3 Å². The zero-order valence-electron chi connectivity index (χ0n) is 13.2. The van der Waals surface area contributed by atoms with Crippen molar-refractivity contribution in [2.24, 2.45) is 0 Å². The lowest BCUT2D eigenvalue weighted by Crippen LogP contribution is -2.23. The van der Waals surface area contributed by atoms with Crippen molar-refractivity contribution in [3.8, 4) is 11.5 Å². The molecule has 0 saturated carbocycles. The third kappa shape index (κ3) is 5.27. The Morgan fingerprint density at radius 2 is 1.63 bits per heavy atom. The van der Waals surface area contributed by atoms with Crippen LogP contribution in [0.1, 0.15) is 5.56 Å². The minimum atomic E-state index is -4.96. The van der Waals surface area contributed by atoms with Crippen LogP contribution in [-0.4, -0.2) is 29.5 Å². The number of halogens is 7. The Labute approximate surface area is 157 Å². The summed E-state index contributed by atoms with van der Waals surface area (Å²) in [5.41, 5.74) is -1.96. The molecule has 0 aliphatic heterocycles. The Morgan fingerprint density at radius 3 is 2.15 bits per heavy atom. The number of nitrogens with one attached hydrogen (secondary N) is 1. The molecule has 27 heavy (non-hydrogen) atoms. The van der Waals surface area contributed by atoms with Crippen LogP contribution in [0.4, 0.5) is 32.0 Å². The maximum Gasteiger partial charge on any atom is 0.416 e. The SMILES string of the molecule is OCC(O)CNc1c(F)cc(Br)cc1Oc1c(F)cc(C(F)(F)F)cc1F. The highest BCUT2D eigenvalue weighted by Gasteiger charge is 2.33. The second kappa shape index (κ2) is 8.36. The fourth-order valence-corrected chi connectivity index (χ4v) is 2.43. The number of benzene rings is 2. The van der Waals surface area contributed by atoms with Crippen LogP contribution >= 0.6 is 15.9 Å². The Kier molecular flexibility index (Phi) is 6.60. The molecule has 0 aliphatic rings. The number of aliphatic hydroxyl groups excluding tert-OH is 2. The summed E-state index contributed by atoms with van der Waals surface area (Å²) in [4.78, 5) is 0. The van der Waals surface area contributed by atoms with Crippen molar-refractivity contribution in [1.82, 2.24) is 0 Å². The standard InChI is InChI=1S/C16H12BrF6NO3/c17-8-3-10(18)14(24-5-9(26)6-25)13(4-8)27-15-11(19)1-7(2-12(15)20)16(21,22)23/h1-4,9,24-26H,5-6H2. The lowest BCUT2D eigenvalue weighted by Gasteiger charge is -2.17. The van der Waals surface area contributed by atoms with Gasteiger partial charge < -0.3 is 20.3 Å². The van der Waals surface area contributed by atoms with E-state index in [1.165, 1.54) is 0 Å². The average molecular weight is 460 g/mol. The lowest BCUT2D eigenvalue weighted by atomic mass is 10.2. The summed E-state index contributed by atoms with van der Waals surface area (Å²) < 4.78 is 85.0. The molecule has 0 bridgehead atoms. The Bertz CT molecular complexity index is 808. The first-order valence-electron chi connectivity index (χ1n) is 7.29. The molecule has 0 aromatic heterocycles. The predicted molar refractivity (Wildman–Crippen MR) is 87.1 cm³/mol. The van der Waals surface area contributed by atoms with Crippen molar-refractivity contribution in [3.63, 3.8) is 0 Å². The van der Waals surface area contributed by atoms with Gasteiger partial charge in [-0.2, -0.15) is 13.2 Å². The molecule has 148 valence electrons. The fourth-order valence-electron chi connectivity index (χ4n) is 2.02. The summed E-state index contributed by atoms with van der Waals surface area (Å²) >= 11 is 2.96. The molecule has 0 fully saturated rings. The van der Waals surface area contributed by atoms with Gasteiger partial charge in [0, 0.05) is 11.0 Å². The van der Waals surface area contributed by atoms with E-state index >= 15 is 0 Å². The second-order valence-corrected chi connectivity index (χ2v) is 6.26. The van der Waals surface area contributed by atoms with Crippen molar-refractivity contribution >= 4 is 21.6 Å². The summed E-state index contributed by atoms with van der Waals surface area (Å²) in [6.45, 7) is -0.965. The number of rotatable bonds is 6. The van der Waals surface area contributed by atoms with Crippen LogP contribution in [-0.2, 0) is 6.18 Å². The Balaban J connectivity index is 2.42. The molecule has 2 aromatic carbocycles. The van der Waals surface area contributed by atoms with Crippen molar-refractivity contribution in [2.45, 2.75) is 12.3 Å². The summed E-state index contributed by atoms with van der Waals surface area (Å²) in [5, 5.41) is 20.5. The van der Waals surface area contributed by atoms with Gasteiger partial charge in [-0.25, -0.2) is 13.2 Å². The molecule has 1 atom stereocenters. The molecule has 0 heterocycles. The van der Waals surface area contributed by atoms with Crippen LogP contribution in [0.15, 0.2) is 28.7 Å². The molecule has 0 amide bonds. The van der Waals surface area contributed by atoms with Crippen LogP contribution < -0.4 is 10.1 Å². The van der Waals surface area contributed by atoms with E-state index in [1.54, 1.807) is 0 Å². The zero-order valence-corrected chi connectivity index (χ0v) is 14.8. The monoisotopic (exact) mass is 459 g/mol. The first-order chi connectivity index (χ1) is 12.5. The first kappa shape index (κ1) is 21.3. The number of aliphatic hydroxyl groups is 2. The highest BCUT2D eigenvalue weighted by molar-refractivity contribution is 9.10. The highest BCUT2D eigenvalue weighted by atomic mass is 79.9. The summed E-state index contributed by atoms with van der Waals surface area (Å²) in [6, 6.07) is 2.21. The topological polar surface area (TPSA) is 61.7 Å². The number of ether oxygens (including phenoxy) is 1. The summed E-state index contributed by atoms with van der Waals surface area (Å²) in [6.07, 6.45) is -6.23. The number of anilines is 1. The van der Waals surface area contributed by atoms with E-state index in [0.29, 0.717) is 0 Å². The Hall–Kier alpha value is -1.98. The van der Waals surface area contributed by atoms with E-state index in [-0.39, 0.29) is 23.2 Å². The smallest absolute Gasteiger partial charge is 0.416 e. The van der Waals surface area contributed by atoms with Gasteiger partial charge >= 0.3 is 6.18 Å². The van der Waals surface area contributed by atoms with Gasteiger partial charge in [0.1, 0.15) is 5.69 Å². The Morgan fingerprint density at radius 1 is 1.04 bits per heavy atom. The second-order valence-electron chi connectivity index (χ2n) is 5.35. The van der Waals surface area contributed by atoms with Gasteiger partial charge in [0.2, 0.25) is 0 Å². The van der Waals surface area contributed by atoms with Gasteiger partial charge in [-0.15, -0.1) is 0 Å². The maximum absolute atomic E-state index is 14.1. The number of hydrogen-bond donors (Lipinski definition) is 3. The molecule has 0 spiro atoms. The van der Waals surface area contributed by atoms with Crippen molar-refractivity contribution in [1.29, 1.82) is 0 Å². The van der Waals surface area contributed by atoms with Crippen LogP contribution in [0, 0.1) is 17.5 Å². The van der Waals surface area contributed by atoms with Gasteiger partial charge in [-0.3, -0.25) is 0 Å². The van der Waals surface area contributed by atoms with Crippen LogP contribution in [0.25, 0.3) is 0 Å². The zero-order chi connectivity index (χ0) is 20.4. The van der Waals surface area contributed by atoms with Crippen LogP contribution in [0.2, 0.25) is 0 Å². The third-order valence-electron chi connectivity index (χ3n) is 3.28. The van der Waals surface area contributed by atoms with E-state index in [1.807, 2.05) is 0 Å². The highest BCUT2D eigenvalue weighted by Crippen LogP contribution is 2.39. The molecular formula is C16H12BrF6NO3. The van der Waals surface area contributed by atoms with Crippen molar-refractivity contribution < 1.29 is 41.3 Å². The van der Waals surface area contributed by atoms with Gasteiger partial charge in [0.05, 0.1) is 18.3 Å². The fraction of sp³-hybridized carbons (Fsp3) is 0.250. The molecule has 4 nitrogen and oxygen atoms in total. The maximum atomic E-state index is 14.1. The van der Waals surface area contributed by atoms with Crippen molar-refractivity contribution in [3.05, 3.63) is 51.8 Å². The molecule has 2 rings (SSSR count). The van der Waals surface area contributed by atoms with E-state index in [2.05, 4.69) is 21.2 Å². The minimum Gasteiger partial charge on any atom is -0.449 e. The number of alkyl halides is 3. The predicted octanol–water partition coefficient (Wildman–Crippen LogP) is 4.44. The lowest BCUT2D eigenvalue weighted by molar-refractivity contribution is -0.138. The van der Waals surface area contributed by atoms with Crippen molar-refractivity contribution in [2.75, 3.05) is 18.5 Å². The molecule has 11 heteroatoms. The summed E-state index contributed by atoms with van der Waals surface area (Å²) in [7, 11) is 0. The molecule has 2 aromatic rings. The number of hydrogen-bond acceptors (Lipinski definition) is 4. The van der Waals surface area contributed by atoms with E-state index in [9.17, 15) is 31.4 Å². The molecule has 0 aliphatic carbocycles. The molecular weight excluding hydrogens is 448 g/mol.